The molecule has 10 heteroatoms. The molecule has 8 nitrogen and oxygen atoms in total. The highest BCUT2D eigenvalue weighted by Gasteiger charge is 2.09. The average molecular weight is 342 g/mol. The van der Waals surface area contributed by atoms with Crippen LogP contribution in [-0.4, -0.2) is 39.0 Å². The second-order valence-corrected chi connectivity index (χ2v) is 6.13. The summed E-state index contributed by atoms with van der Waals surface area (Å²) >= 11 is 2.59. The molecule has 118 valence electrons. The summed E-state index contributed by atoms with van der Waals surface area (Å²) in [7, 11) is 1.35. The monoisotopic (exact) mass is 342 g/mol. The van der Waals surface area contributed by atoms with Gasteiger partial charge in [0.25, 0.3) is 10.8 Å². The van der Waals surface area contributed by atoms with Crippen molar-refractivity contribution in [1.29, 1.82) is 0 Å². The van der Waals surface area contributed by atoms with Crippen LogP contribution in [0.15, 0.2) is 25.7 Å². The maximum absolute atomic E-state index is 11.3. The van der Waals surface area contributed by atoms with Crippen molar-refractivity contribution in [3.05, 3.63) is 28.0 Å². The summed E-state index contributed by atoms with van der Waals surface area (Å²) in [5, 5.41) is 8.67. The number of ether oxygens (including phenoxy) is 1. The van der Waals surface area contributed by atoms with Crippen molar-refractivity contribution in [3.8, 4) is 0 Å². The second-order valence-electron chi connectivity index (χ2n) is 4.12. The fourth-order valence-electron chi connectivity index (χ4n) is 1.43. The first-order valence-corrected chi connectivity index (χ1v) is 8.26. The van der Waals surface area contributed by atoms with Gasteiger partial charge in [-0.2, -0.15) is 0 Å². The highest BCUT2D eigenvalue weighted by Crippen LogP contribution is 2.21. The van der Waals surface area contributed by atoms with Gasteiger partial charge in [-0.15, -0.1) is 10.2 Å². The SMILES string of the molecule is COC(=O)CCSc1nnc(CSc2nc(C)cc(=O)[nH]2)o1. The van der Waals surface area contributed by atoms with Crippen molar-refractivity contribution in [3.63, 3.8) is 0 Å². The molecule has 0 unspecified atom stereocenters. The zero-order valence-electron chi connectivity index (χ0n) is 12.0. The molecule has 2 heterocycles. The normalized spacial score (nSPS) is 10.6. The summed E-state index contributed by atoms with van der Waals surface area (Å²) in [4.78, 5) is 29.1. The van der Waals surface area contributed by atoms with Crippen LogP contribution in [0.25, 0.3) is 0 Å². The number of hydrogen-bond acceptors (Lipinski definition) is 9. The third-order valence-corrected chi connectivity index (χ3v) is 4.07. The van der Waals surface area contributed by atoms with Gasteiger partial charge >= 0.3 is 5.97 Å². The van der Waals surface area contributed by atoms with Gasteiger partial charge in [-0.05, 0) is 6.92 Å². The molecule has 0 atom stereocenters. The third-order valence-electron chi connectivity index (χ3n) is 2.39. The third kappa shape index (κ3) is 5.19. The van der Waals surface area contributed by atoms with Crippen LogP contribution in [-0.2, 0) is 15.3 Å². The van der Waals surface area contributed by atoms with E-state index in [0.717, 1.165) is 0 Å². The van der Waals surface area contributed by atoms with Crippen LogP contribution in [0.5, 0.6) is 0 Å². The minimum Gasteiger partial charge on any atom is -0.469 e. The smallest absolute Gasteiger partial charge is 0.306 e. The van der Waals surface area contributed by atoms with Crippen LogP contribution < -0.4 is 5.56 Å². The van der Waals surface area contributed by atoms with Gasteiger partial charge in [0.05, 0.1) is 19.3 Å². The first-order chi connectivity index (χ1) is 10.6. The van der Waals surface area contributed by atoms with E-state index >= 15 is 0 Å². The number of rotatable bonds is 7. The fraction of sp³-hybridized carbons (Fsp3) is 0.417. The number of nitrogens with zero attached hydrogens (tertiary/aromatic N) is 3. The molecule has 1 N–H and O–H groups in total. The molecule has 2 aromatic rings. The predicted molar refractivity (Wildman–Crippen MR) is 80.8 cm³/mol. The molecular weight excluding hydrogens is 328 g/mol. The maximum atomic E-state index is 11.3. The van der Waals surface area contributed by atoms with E-state index in [1.165, 1.54) is 36.7 Å². The van der Waals surface area contributed by atoms with E-state index in [4.69, 9.17) is 4.42 Å². The molecule has 0 fully saturated rings. The molecule has 0 aliphatic carbocycles. The number of nitrogens with one attached hydrogen (secondary N) is 1. The van der Waals surface area contributed by atoms with Crippen molar-refractivity contribution in [2.24, 2.45) is 0 Å². The zero-order valence-corrected chi connectivity index (χ0v) is 13.6. The first-order valence-electron chi connectivity index (χ1n) is 6.29. The van der Waals surface area contributed by atoms with E-state index in [0.29, 0.717) is 33.5 Å². The Morgan fingerprint density at radius 2 is 2.23 bits per heavy atom. The number of hydrogen-bond donors (Lipinski definition) is 1. The van der Waals surface area contributed by atoms with Crippen LogP contribution in [0.4, 0.5) is 0 Å². The van der Waals surface area contributed by atoms with E-state index in [1.807, 2.05) is 0 Å². The number of methoxy groups -OCH3 is 1. The second kappa shape index (κ2) is 7.99. The molecule has 0 aliphatic heterocycles. The van der Waals surface area contributed by atoms with E-state index in [2.05, 4.69) is 24.9 Å². The molecule has 0 amide bonds. The standard InChI is InChI=1S/C12H14N4O4S2/c1-7-5-8(17)14-11(13-7)22-6-9-15-16-12(20-9)21-4-3-10(18)19-2/h5H,3-4,6H2,1-2H3,(H,13,14,17). The Balaban J connectivity index is 1.84. The molecule has 2 aromatic heterocycles. The van der Waals surface area contributed by atoms with Crippen LogP contribution in [0, 0.1) is 6.92 Å². The molecule has 0 saturated heterocycles. The largest absolute Gasteiger partial charge is 0.469 e. The molecule has 22 heavy (non-hydrogen) atoms. The molecule has 0 spiro atoms. The number of carbonyl (C=O) groups excluding carboxylic acids is 1. The van der Waals surface area contributed by atoms with Gasteiger partial charge in [0.1, 0.15) is 0 Å². The molecule has 0 aliphatic rings. The Hall–Kier alpha value is -1.81. The Kier molecular flexibility index (Phi) is 6.01. The summed E-state index contributed by atoms with van der Waals surface area (Å²) < 4.78 is 9.97. The van der Waals surface area contributed by atoms with E-state index in [9.17, 15) is 9.59 Å². The summed E-state index contributed by atoms with van der Waals surface area (Å²) in [6.07, 6.45) is 0.280. The van der Waals surface area contributed by atoms with Gasteiger partial charge in [-0.1, -0.05) is 23.5 Å². The number of thioether (sulfide) groups is 2. The number of esters is 1. The van der Waals surface area contributed by atoms with Gasteiger partial charge in [0, 0.05) is 17.5 Å². The lowest BCUT2D eigenvalue weighted by atomic mass is 10.5. The quantitative estimate of drug-likeness (QED) is 0.453. The van der Waals surface area contributed by atoms with Gasteiger partial charge < -0.3 is 14.1 Å². The van der Waals surface area contributed by atoms with Crippen LogP contribution in [0.3, 0.4) is 0 Å². The topological polar surface area (TPSA) is 111 Å². The van der Waals surface area contributed by atoms with Crippen molar-refractivity contribution < 1.29 is 13.9 Å². The van der Waals surface area contributed by atoms with Crippen LogP contribution in [0.1, 0.15) is 18.0 Å². The number of aromatic amines is 1. The number of aromatic nitrogens is 4. The maximum Gasteiger partial charge on any atom is 0.306 e. The molecule has 2 rings (SSSR count). The molecule has 0 bridgehead atoms. The Bertz CT molecular complexity index is 700. The Morgan fingerprint density at radius 3 is 2.95 bits per heavy atom. The van der Waals surface area contributed by atoms with Crippen molar-refractivity contribution in [1.82, 2.24) is 20.2 Å². The minimum absolute atomic E-state index is 0.195. The van der Waals surface area contributed by atoms with Gasteiger partial charge in [-0.25, -0.2) is 4.98 Å². The van der Waals surface area contributed by atoms with Gasteiger partial charge in [0.15, 0.2) is 5.16 Å². The van der Waals surface area contributed by atoms with E-state index < -0.39 is 0 Å². The number of aryl methyl sites for hydroxylation is 1. The summed E-state index contributed by atoms with van der Waals surface area (Å²) in [5.74, 6) is 1.05. The van der Waals surface area contributed by atoms with Crippen molar-refractivity contribution in [2.45, 2.75) is 29.5 Å². The molecule has 0 aromatic carbocycles. The Labute approximate surface area is 134 Å². The van der Waals surface area contributed by atoms with Gasteiger partial charge in [-0.3, -0.25) is 9.59 Å². The van der Waals surface area contributed by atoms with E-state index in [-0.39, 0.29) is 17.9 Å². The van der Waals surface area contributed by atoms with Crippen LogP contribution in [0.2, 0.25) is 0 Å². The van der Waals surface area contributed by atoms with Crippen LogP contribution >= 0.6 is 23.5 Å². The highest BCUT2D eigenvalue weighted by atomic mass is 32.2. The van der Waals surface area contributed by atoms with E-state index in [1.54, 1.807) is 6.92 Å². The molecule has 0 radical (unpaired) electrons. The van der Waals surface area contributed by atoms with Crippen molar-refractivity contribution in [2.75, 3.05) is 12.9 Å². The lowest BCUT2D eigenvalue weighted by Crippen LogP contribution is -2.08. The average Bonchev–Trinajstić information content (AvgIpc) is 2.92. The summed E-state index contributed by atoms with van der Waals surface area (Å²) in [5.41, 5.74) is 0.454. The molecule has 0 saturated carbocycles. The van der Waals surface area contributed by atoms with Crippen molar-refractivity contribution >= 4 is 29.5 Å². The number of H-pyrrole nitrogens is 1. The fourth-order valence-corrected chi connectivity index (χ4v) is 2.88. The zero-order chi connectivity index (χ0) is 15.9. The lowest BCUT2D eigenvalue weighted by molar-refractivity contribution is -0.140. The highest BCUT2D eigenvalue weighted by molar-refractivity contribution is 7.99. The number of carbonyl (C=O) groups is 1. The summed E-state index contributed by atoms with van der Waals surface area (Å²) in [6, 6.07) is 1.42. The first kappa shape index (κ1) is 16.6. The minimum atomic E-state index is -0.280. The lowest BCUT2D eigenvalue weighted by Gasteiger charge is -1.98. The Morgan fingerprint density at radius 1 is 1.41 bits per heavy atom. The van der Waals surface area contributed by atoms with Gasteiger partial charge in [0.2, 0.25) is 5.89 Å². The predicted octanol–water partition coefficient (Wildman–Crippen LogP) is 1.41. The molecular formula is C12H14N4O4S2. The summed E-state index contributed by atoms with van der Waals surface area (Å²) in [6.45, 7) is 1.75.